The number of nitrogens with one attached hydrogen (secondary N) is 1. The molecule has 1 heterocycles. The number of hydrogen-bond donors (Lipinski definition) is 1. The third-order valence-electron chi connectivity index (χ3n) is 2.71. The minimum Gasteiger partial charge on any atom is -0.381 e. The average Bonchev–Trinajstić information content (AvgIpc) is 2.18. The fourth-order valence-electron chi connectivity index (χ4n) is 1.68. The summed E-state index contributed by atoms with van der Waals surface area (Å²) >= 11 is 3.40. The monoisotopic (exact) mass is 277 g/mol. The van der Waals surface area contributed by atoms with Gasteiger partial charge in [0.2, 0.25) is 5.91 Å². The molecule has 0 radical (unpaired) electrons. The molecule has 1 amide bonds. The maximum atomic E-state index is 11.9. The predicted octanol–water partition coefficient (Wildman–Crippen LogP) is 2.09. The number of carbonyl (C=O) groups is 1. The normalized spacial score (nSPS) is 22.5. The summed E-state index contributed by atoms with van der Waals surface area (Å²) in [4.78, 5) is 11.9. The van der Waals surface area contributed by atoms with Crippen LogP contribution in [0.3, 0.4) is 0 Å². The van der Waals surface area contributed by atoms with Crippen molar-refractivity contribution in [3.8, 4) is 0 Å². The molecule has 1 saturated heterocycles. The van der Waals surface area contributed by atoms with Gasteiger partial charge in [0.05, 0.1) is 12.5 Å². The summed E-state index contributed by atoms with van der Waals surface area (Å²) in [6.07, 6.45) is 2.89. The van der Waals surface area contributed by atoms with Crippen LogP contribution in [-0.2, 0) is 9.53 Å². The minimum atomic E-state index is -0.127. The van der Waals surface area contributed by atoms with Crippen molar-refractivity contribution in [1.82, 2.24) is 5.32 Å². The standard InChI is InChI=1S/C11H20BrNO2/c1-11(2,5-6-12)13-10(14)9-4-3-7-15-8-9/h9H,3-8H2,1-2H3,(H,13,14). The lowest BCUT2D eigenvalue weighted by Crippen LogP contribution is -2.47. The van der Waals surface area contributed by atoms with E-state index in [1.54, 1.807) is 0 Å². The summed E-state index contributed by atoms with van der Waals surface area (Å²) < 4.78 is 5.31. The summed E-state index contributed by atoms with van der Waals surface area (Å²) in [5.41, 5.74) is -0.127. The highest BCUT2D eigenvalue weighted by molar-refractivity contribution is 9.09. The number of carbonyl (C=O) groups excluding carboxylic acids is 1. The van der Waals surface area contributed by atoms with Gasteiger partial charge in [0, 0.05) is 17.5 Å². The van der Waals surface area contributed by atoms with Gasteiger partial charge in [0.25, 0.3) is 0 Å². The average molecular weight is 278 g/mol. The Kier molecular flexibility index (Phi) is 5.06. The molecule has 0 aliphatic carbocycles. The van der Waals surface area contributed by atoms with Crippen molar-refractivity contribution in [2.45, 2.75) is 38.6 Å². The van der Waals surface area contributed by atoms with E-state index in [9.17, 15) is 4.79 Å². The van der Waals surface area contributed by atoms with E-state index in [1.807, 2.05) is 0 Å². The van der Waals surface area contributed by atoms with Crippen molar-refractivity contribution in [1.29, 1.82) is 0 Å². The van der Waals surface area contributed by atoms with Gasteiger partial charge in [-0.1, -0.05) is 15.9 Å². The first-order valence-electron chi connectivity index (χ1n) is 5.51. The van der Waals surface area contributed by atoms with Gasteiger partial charge in [0.1, 0.15) is 0 Å². The highest BCUT2D eigenvalue weighted by atomic mass is 79.9. The minimum absolute atomic E-state index is 0.0494. The van der Waals surface area contributed by atoms with Crippen LogP contribution in [0.1, 0.15) is 33.1 Å². The number of amides is 1. The van der Waals surface area contributed by atoms with Crippen LogP contribution in [0.25, 0.3) is 0 Å². The van der Waals surface area contributed by atoms with Crippen LogP contribution < -0.4 is 5.32 Å². The number of hydrogen-bond acceptors (Lipinski definition) is 2. The van der Waals surface area contributed by atoms with E-state index in [2.05, 4.69) is 35.1 Å². The van der Waals surface area contributed by atoms with Crippen molar-refractivity contribution >= 4 is 21.8 Å². The van der Waals surface area contributed by atoms with E-state index in [4.69, 9.17) is 4.74 Å². The molecule has 88 valence electrons. The van der Waals surface area contributed by atoms with E-state index in [0.717, 1.165) is 31.2 Å². The fraction of sp³-hybridized carbons (Fsp3) is 0.909. The van der Waals surface area contributed by atoms with E-state index in [1.165, 1.54) is 0 Å². The van der Waals surface area contributed by atoms with Crippen LogP contribution >= 0.6 is 15.9 Å². The van der Waals surface area contributed by atoms with Crippen molar-refractivity contribution in [2.24, 2.45) is 5.92 Å². The molecule has 0 bridgehead atoms. The van der Waals surface area contributed by atoms with E-state index in [0.29, 0.717) is 6.61 Å². The van der Waals surface area contributed by atoms with Gasteiger partial charge in [-0.15, -0.1) is 0 Å². The Morgan fingerprint density at radius 2 is 2.33 bits per heavy atom. The molecule has 1 aliphatic rings. The zero-order chi connectivity index (χ0) is 11.3. The van der Waals surface area contributed by atoms with Crippen LogP contribution in [0.2, 0.25) is 0 Å². The summed E-state index contributed by atoms with van der Waals surface area (Å²) in [7, 11) is 0. The molecule has 4 heteroatoms. The maximum absolute atomic E-state index is 11.9. The van der Waals surface area contributed by atoms with Gasteiger partial charge < -0.3 is 10.1 Å². The molecule has 0 aromatic carbocycles. The molecular weight excluding hydrogens is 258 g/mol. The summed E-state index contributed by atoms with van der Waals surface area (Å²) in [6.45, 7) is 5.48. The lowest BCUT2D eigenvalue weighted by molar-refractivity contribution is -0.130. The van der Waals surface area contributed by atoms with Gasteiger partial charge in [0.15, 0.2) is 0 Å². The van der Waals surface area contributed by atoms with Crippen LogP contribution in [0.5, 0.6) is 0 Å². The Labute approximate surface area is 100 Å². The summed E-state index contributed by atoms with van der Waals surface area (Å²) in [6, 6.07) is 0. The molecule has 1 rings (SSSR count). The molecule has 15 heavy (non-hydrogen) atoms. The number of rotatable bonds is 4. The Hall–Kier alpha value is -0.0900. The molecular formula is C11H20BrNO2. The maximum Gasteiger partial charge on any atom is 0.225 e. The molecule has 0 saturated carbocycles. The topological polar surface area (TPSA) is 38.3 Å². The van der Waals surface area contributed by atoms with Crippen LogP contribution in [-0.4, -0.2) is 30.0 Å². The molecule has 0 aromatic rings. The SMILES string of the molecule is CC(C)(CCBr)NC(=O)C1CCCOC1. The van der Waals surface area contributed by atoms with Gasteiger partial charge in [-0.2, -0.15) is 0 Å². The second-order valence-electron chi connectivity index (χ2n) is 4.73. The largest absolute Gasteiger partial charge is 0.381 e. The van der Waals surface area contributed by atoms with E-state index >= 15 is 0 Å². The van der Waals surface area contributed by atoms with Gasteiger partial charge in [-0.25, -0.2) is 0 Å². The van der Waals surface area contributed by atoms with Gasteiger partial charge >= 0.3 is 0 Å². The van der Waals surface area contributed by atoms with Crippen molar-refractivity contribution in [2.75, 3.05) is 18.5 Å². The molecule has 3 nitrogen and oxygen atoms in total. The zero-order valence-corrected chi connectivity index (χ0v) is 11.1. The Balaban J connectivity index is 2.39. The van der Waals surface area contributed by atoms with Crippen molar-refractivity contribution < 1.29 is 9.53 Å². The fourth-order valence-corrected chi connectivity index (χ4v) is 2.67. The smallest absolute Gasteiger partial charge is 0.225 e. The molecule has 1 aliphatic heterocycles. The second kappa shape index (κ2) is 5.85. The zero-order valence-electron chi connectivity index (χ0n) is 9.51. The van der Waals surface area contributed by atoms with Crippen molar-refractivity contribution in [3.05, 3.63) is 0 Å². The highest BCUT2D eigenvalue weighted by Gasteiger charge is 2.26. The van der Waals surface area contributed by atoms with Crippen molar-refractivity contribution in [3.63, 3.8) is 0 Å². The third kappa shape index (κ3) is 4.51. The molecule has 0 aromatic heterocycles. The van der Waals surface area contributed by atoms with Crippen LogP contribution in [0.4, 0.5) is 0 Å². The van der Waals surface area contributed by atoms with Gasteiger partial charge in [-0.05, 0) is 33.1 Å². The summed E-state index contributed by atoms with van der Waals surface area (Å²) in [5, 5.41) is 3.98. The predicted molar refractivity (Wildman–Crippen MR) is 64.2 cm³/mol. The second-order valence-corrected chi connectivity index (χ2v) is 5.52. The molecule has 0 spiro atoms. The Bertz CT molecular complexity index is 213. The van der Waals surface area contributed by atoms with E-state index < -0.39 is 0 Å². The molecule has 1 fully saturated rings. The number of alkyl halides is 1. The number of halogens is 1. The van der Waals surface area contributed by atoms with Gasteiger partial charge in [-0.3, -0.25) is 4.79 Å². The first-order valence-corrected chi connectivity index (χ1v) is 6.63. The first kappa shape index (κ1) is 13.0. The Morgan fingerprint density at radius 3 is 2.87 bits per heavy atom. The molecule has 1 unspecified atom stereocenters. The van der Waals surface area contributed by atoms with Crippen LogP contribution in [0, 0.1) is 5.92 Å². The lowest BCUT2D eigenvalue weighted by Gasteiger charge is -2.29. The number of ether oxygens (including phenoxy) is 1. The third-order valence-corrected chi connectivity index (χ3v) is 3.11. The summed E-state index contributed by atoms with van der Waals surface area (Å²) in [5.74, 6) is 0.189. The molecule has 1 N–H and O–H groups in total. The first-order chi connectivity index (χ1) is 7.05. The molecule has 1 atom stereocenters. The lowest BCUT2D eigenvalue weighted by atomic mass is 9.97. The van der Waals surface area contributed by atoms with E-state index in [-0.39, 0.29) is 17.4 Å². The Morgan fingerprint density at radius 1 is 1.60 bits per heavy atom. The van der Waals surface area contributed by atoms with Crippen LogP contribution in [0.15, 0.2) is 0 Å². The quantitative estimate of drug-likeness (QED) is 0.800. The highest BCUT2D eigenvalue weighted by Crippen LogP contribution is 2.16.